The van der Waals surface area contributed by atoms with Crippen molar-refractivity contribution in [3.8, 4) is 5.75 Å². The largest absolute Gasteiger partial charge is 0.493 e. The third-order valence-electron chi connectivity index (χ3n) is 2.11. The highest BCUT2D eigenvalue weighted by Gasteiger charge is 2.00. The first-order valence-electron chi connectivity index (χ1n) is 5.37. The highest BCUT2D eigenvalue weighted by molar-refractivity contribution is 5.85. The van der Waals surface area contributed by atoms with Crippen molar-refractivity contribution in [3.63, 3.8) is 0 Å². The highest BCUT2D eigenvalue weighted by atomic mass is 16.5. The summed E-state index contributed by atoms with van der Waals surface area (Å²) in [5, 5.41) is 8.58. The molecule has 17 heavy (non-hydrogen) atoms. The van der Waals surface area contributed by atoms with Gasteiger partial charge in [-0.3, -0.25) is 0 Å². The average Bonchev–Trinajstić information content (AvgIpc) is 2.27. The van der Waals surface area contributed by atoms with Gasteiger partial charge in [0.15, 0.2) is 0 Å². The molecule has 0 bridgehead atoms. The van der Waals surface area contributed by atoms with Crippen molar-refractivity contribution in [3.05, 3.63) is 48.1 Å². The van der Waals surface area contributed by atoms with Crippen molar-refractivity contribution >= 4 is 12.0 Å². The molecule has 1 aromatic carbocycles. The predicted octanol–water partition coefficient (Wildman–Crippen LogP) is 3.13. The van der Waals surface area contributed by atoms with Gasteiger partial charge in [-0.15, -0.1) is 6.58 Å². The Bertz CT molecular complexity index is 433. The number of aliphatic carboxylic acids is 1. The smallest absolute Gasteiger partial charge is 0.328 e. The molecule has 0 amide bonds. The Morgan fingerprint density at radius 2 is 2.18 bits per heavy atom. The van der Waals surface area contributed by atoms with E-state index in [-0.39, 0.29) is 0 Å². The maximum absolute atomic E-state index is 10.4. The normalized spacial score (nSPS) is 10.4. The lowest BCUT2D eigenvalue weighted by molar-refractivity contribution is -0.131. The molecule has 90 valence electrons. The Kier molecular flexibility index (Phi) is 5.01. The van der Waals surface area contributed by atoms with Crippen molar-refractivity contribution in [2.24, 2.45) is 0 Å². The maximum Gasteiger partial charge on any atom is 0.328 e. The van der Waals surface area contributed by atoms with Crippen LogP contribution in [0.4, 0.5) is 0 Å². The van der Waals surface area contributed by atoms with E-state index < -0.39 is 5.97 Å². The predicted molar refractivity (Wildman–Crippen MR) is 68.0 cm³/mol. The van der Waals surface area contributed by atoms with E-state index in [9.17, 15) is 4.79 Å². The van der Waals surface area contributed by atoms with Gasteiger partial charge in [-0.05, 0) is 19.1 Å². The monoisotopic (exact) mass is 232 g/mol. The zero-order valence-electron chi connectivity index (χ0n) is 9.85. The number of ether oxygens (including phenoxy) is 1. The Labute approximate surface area is 101 Å². The number of hydrogen-bond acceptors (Lipinski definition) is 2. The van der Waals surface area contributed by atoms with Gasteiger partial charge in [-0.1, -0.05) is 23.8 Å². The average molecular weight is 232 g/mol. The minimum atomic E-state index is -0.971. The molecule has 0 aliphatic rings. The number of para-hydroxylation sites is 1. The first-order chi connectivity index (χ1) is 8.09. The molecule has 0 radical (unpaired) electrons. The number of benzene rings is 1. The van der Waals surface area contributed by atoms with Crippen LogP contribution in [0.1, 0.15) is 18.9 Å². The van der Waals surface area contributed by atoms with E-state index in [1.807, 2.05) is 31.2 Å². The molecule has 0 unspecified atom stereocenters. The van der Waals surface area contributed by atoms with E-state index >= 15 is 0 Å². The summed E-state index contributed by atoms with van der Waals surface area (Å²) in [5.74, 6) is -0.284. The Morgan fingerprint density at radius 3 is 2.82 bits per heavy atom. The van der Waals surface area contributed by atoms with Gasteiger partial charge in [-0.2, -0.15) is 0 Å². The van der Waals surface area contributed by atoms with Crippen molar-refractivity contribution < 1.29 is 14.6 Å². The standard InChI is InChI=1S/C14H16O3/c1-11(2)9-10-17-13-6-4-3-5-12(13)7-8-14(15)16/h3-8H,1,9-10H2,2H3,(H,15,16)/b8-7+. The molecule has 3 heteroatoms. The van der Waals surface area contributed by atoms with E-state index in [0.29, 0.717) is 12.4 Å². The van der Waals surface area contributed by atoms with Crippen LogP contribution in [0.15, 0.2) is 42.5 Å². The van der Waals surface area contributed by atoms with Gasteiger partial charge in [0.25, 0.3) is 0 Å². The molecule has 0 aliphatic carbocycles. The highest BCUT2D eigenvalue weighted by Crippen LogP contribution is 2.19. The summed E-state index contributed by atoms with van der Waals surface area (Å²) in [7, 11) is 0. The van der Waals surface area contributed by atoms with Crippen LogP contribution in [0, 0.1) is 0 Å². The molecule has 0 atom stereocenters. The second kappa shape index (κ2) is 6.53. The Hall–Kier alpha value is -2.03. The molecular weight excluding hydrogens is 216 g/mol. The topological polar surface area (TPSA) is 46.5 Å². The van der Waals surface area contributed by atoms with Crippen LogP contribution >= 0.6 is 0 Å². The molecule has 0 spiro atoms. The van der Waals surface area contributed by atoms with Crippen LogP contribution in [-0.4, -0.2) is 17.7 Å². The van der Waals surface area contributed by atoms with Crippen LogP contribution in [0.25, 0.3) is 6.08 Å². The number of carbonyl (C=O) groups is 1. The molecule has 0 saturated heterocycles. The molecule has 1 aromatic rings. The molecule has 1 rings (SSSR count). The summed E-state index contributed by atoms with van der Waals surface area (Å²) in [4.78, 5) is 10.4. The molecule has 0 heterocycles. The van der Waals surface area contributed by atoms with Gasteiger partial charge >= 0.3 is 5.97 Å². The lowest BCUT2D eigenvalue weighted by atomic mass is 10.2. The van der Waals surface area contributed by atoms with E-state index in [2.05, 4.69) is 6.58 Å². The lowest BCUT2D eigenvalue weighted by Crippen LogP contribution is -1.99. The number of carboxylic acids is 1. The fourth-order valence-electron chi connectivity index (χ4n) is 1.25. The van der Waals surface area contributed by atoms with Crippen molar-refractivity contribution in [1.29, 1.82) is 0 Å². The van der Waals surface area contributed by atoms with E-state index in [1.165, 1.54) is 6.08 Å². The summed E-state index contributed by atoms with van der Waals surface area (Å²) in [5.41, 5.74) is 1.82. The second-order valence-corrected chi connectivity index (χ2v) is 3.76. The fourth-order valence-corrected chi connectivity index (χ4v) is 1.25. The molecule has 1 N–H and O–H groups in total. The minimum absolute atomic E-state index is 0.549. The summed E-state index contributed by atoms with van der Waals surface area (Å²) in [6.07, 6.45) is 3.41. The third-order valence-corrected chi connectivity index (χ3v) is 2.11. The van der Waals surface area contributed by atoms with Gasteiger partial charge in [-0.25, -0.2) is 4.79 Å². The van der Waals surface area contributed by atoms with Gasteiger partial charge in [0.2, 0.25) is 0 Å². The molecule has 3 nitrogen and oxygen atoms in total. The Morgan fingerprint density at radius 1 is 1.47 bits per heavy atom. The van der Waals surface area contributed by atoms with E-state index in [1.54, 1.807) is 0 Å². The summed E-state index contributed by atoms with van der Waals surface area (Å²) in [6.45, 7) is 6.29. The summed E-state index contributed by atoms with van der Waals surface area (Å²) in [6, 6.07) is 7.33. The number of hydrogen-bond donors (Lipinski definition) is 1. The zero-order chi connectivity index (χ0) is 12.7. The van der Waals surface area contributed by atoms with Crippen LogP contribution in [0.5, 0.6) is 5.75 Å². The van der Waals surface area contributed by atoms with Gasteiger partial charge in [0.05, 0.1) is 6.61 Å². The molecule has 0 saturated carbocycles. The number of carboxylic acid groups (broad SMARTS) is 1. The van der Waals surface area contributed by atoms with E-state index in [0.717, 1.165) is 23.6 Å². The summed E-state index contributed by atoms with van der Waals surface area (Å²) >= 11 is 0. The van der Waals surface area contributed by atoms with Gasteiger partial charge in [0.1, 0.15) is 5.75 Å². The minimum Gasteiger partial charge on any atom is -0.493 e. The lowest BCUT2D eigenvalue weighted by Gasteiger charge is -2.08. The second-order valence-electron chi connectivity index (χ2n) is 3.76. The third kappa shape index (κ3) is 5.02. The SMILES string of the molecule is C=C(C)CCOc1ccccc1/C=C/C(=O)O. The molecule has 0 fully saturated rings. The van der Waals surface area contributed by atoms with Crippen molar-refractivity contribution in [1.82, 2.24) is 0 Å². The fraction of sp³-hybridized carbons (Fsp3) is 0.214. The van der Waals surface area contributed by atoms with Gasteiger partial charge < -0.3 is 9.84 Å². The van der Waals surface area contributed by atoms with E-state index in [4.69, 9.17) is 9.84 Å². The first kappa shape index (κ1) is 13.0. The number of rotatable bonds is 6. The van der Waals surface area contributed by atoms with Crippen molar-refractivity contribution in [2.45, 2.75) is 13.3 Å². The zero-order valence-corrected chi connectivity index (χ0v) is 9.85. The van der Waals surface area contributed by atoms with Gasteiger partial charge in [0, 0.05) is 18.1 Å². The molecular formula is C14H16O3. The Balaban J connectivity index is 2.70. The quantitative estimate of drug-likeness (QED) is 0.605. The molecule has 0 aromatic heterocycles. The van der Waals surface area contributed by atoms with Crippen molar-refractivity contribution in [2.75, 3.05) is 6.61 Å². The maximum atomic E-state index is 10.4. The van der Waals surface area contributed by atoms with Crippen LogP contribution in [-0.2, 0) is 4.79 Å². The van der Waals surface area contributed by atoms with Crippen LogP contribution in [0.3, 0.4) is 0 Å². The van der Waals surface area contributed by atoms with Crippen LogP contribution < -0.4 is 4.74 Å². The van der Waals surface area contributed by atoms with Crippen LogP contribution in [0.2, 0.25) is 0 Å². The summed E-state index contributed by atoms with van der Waals surface area (Å²) < 4.78 is 5.58. The molecule has 0 aliphatic heterocycles. The first-order valence-corrected chi connectivity index (χ1v) is 5.37.